The Morgan fingerprint density at radius 2 is 1.04 bits per heavy atom. The van der Waals surface area contributed by atoms with Crippen LogP contribution < -0.4 is 15.9 Å². The van der Waals surface area contributed by atoms with Crippen molar-refractivity contribution in [1.29, 1.82) is 0 Å². The average molecular weight is 425 g/mol. The molecule has 0 heterocycles. The molecule has 0 N–H and O–H groups in total. The second-order valence-electron chi connectivity index (χ2n) is 6.63. The SMILES string of the molecule is CCC/C=C/CP(Br)(c1ccccc1)(c1ccccc1)c1ccccc1. The molecular formula is C24H26BrP. The molecule has 0 aliphatic heterocycles. The topological polar surface area (TPSA) is 0 Å². The van der Waals surface area contributed by atoms with E-state index in [9.17, 15) is 0 Å². The molecule has 3 rings (SSSR count). The summed E-state index contributed by atoms with van der Waals surface area (Å²) >= 11 is 4.45. The molecule has 0 saturated heterocycles. The monoisotopic (exact) mass is 424 g/mol. The van der Waals surface area contributed by atoms with E-state index in [1.807, 2.05) is 0 Å². The Morgan fingerprint density at radius 1 is 0.654 bits per heavy atom. The molecule has 0 atom stereocenters. The maximum atomic E-state index is 4.45. The van der Waals surface area contributed by atoms with Crippen LogP contribution in [0.25, 0.3) is 0 Å². The zero-order chi connectivity index (χ0) is 18.3. The number of halogens is 1. The van der Waals surface area contributed by atoms with Crippen LogP contribution in [0.4, 0.5) is 0 Å². The van der Waals surface area contributed by atoms with Crippen LogP contribution in [-0.4, -0.2) is 6.16 Å². The van der Waals surface area contributed by atoms with Crippen LogP contribution >= 0.6 is 20.8 Å². The van der Waals surface area contributed by atoms with E-state index in [1.54, 1.807) is 0 Å². The third kappa shape index (κ3) is 3.43. The molecule has 0 fully saturated rings. The van der Waals surface area contributed by atoms with Crippen molar-refractivity contribution in [2.24, 2.45) is 0 Å². The fraction of sp³-hybridized carbons (Fsp3) is 0.167. The molecule has 0 aromatic heterocycles. The van der Waals surface area contributed by atoms with E-state index < -0.39 is 5.31 Å². The summed E-state index contributed by atoms with van der Waals surface area (Å²) in [6.07, 6.45) is 7.98. The van der Waals surface area contributed by atoms with Crippen molar-refractivity contribution in [3.63, 3.8) is 0 Å². The van der Waals surface area contributed by atoms with E-state index in [0.717, 1.165) is 12.6 Å². The molecule has 0 aliphatic rings. The first kappa shape index (κ1) is 19.1. The Morgan fingerprint density at radius 3 is 1.38 bits per heavy atom. The van der Waals surface area contributed by atoms with Gasteiger partial charge in [-0.25, -0.2) is 0 Å². The summed E-state index contributed by atoms with van der Waals surface area (Å²) in [5.41, 5.74) is 0. The Labute approximate surface area is 165 Å². The quantitative estimate of drug-likeness (QED) is 0.313. The minimum absolute atomic E-state index is 0.976. The van der Waals surface area contributed by atoms with Gasteiger partial charge < -0.3 is 0 Å². The third-order valence-electron chi connectivity index (χ3n) is 4.95. The van der Waals surface area contributed by atoms with Crippen LogP contribution in [0, 0.1) is 0 Å². The molecule has 0 amide bonds. The number of hydrogen-bond donors (Lipinski definition) is 0. The van der Waals surface area contributed by atoms with Gasteiger partial charge in [-0.3, -0.25) is 0 Å². The summed E-state index contributed by atoms with van der Waals surface area (Å²) in [4.78, 5) is 0. The molecule has 26 heavy (non-hydrogen) atoms. The molecule has 0 saturated carbocycles. The number of benzene rings is 3. The zero-order valence-corrected chi connectivity index (χ0v) is 17.7. The van der Waals surface area contributed by atoms with Crippen LogP contribution in [0.1, 0.15) is 19.8 Å². The Hall–Kier alpha value is -1.69. The Bertz CT molecular complexity index is 742. The first-order valence-electron chi connectivity index (χ1n) is 9.25. The first-order valence-corrected chi connectivity index (χ1v) is 13.7. The maximum absolute atomic E-state index is 4.45. The molecular weight excluding hydrogens is 399 g/mol. The predicted octanol–water partition coefficient (Wildman–Crippen LogP) is 6.18. The van der Waals surface area contributed by atoms with E-state index in [1.165, 1.54) is 22.3 Å². The normalized spacial score (nSPS) is 13.4. The molecule has 0 bridgehead atoms. The molecule has 3 aromatic carbocycles. The molecule has 3 aromatic rings. The molecule has 0 spiro atoms. The Balaban J connectivity index is 2.31. The van der Waals surface area contributed by atoms with Gasteiger partial charge in [0.15, 0.2) is 0 Å². The van der Waals surface area contributed by atoms with Gasteiger partial charge in [-0.1, -0.05) is 0 Å². The molecule has 0 nitrogen and oxygen atoms in total. The summed E-state index contributed by atoms with van der Waals surface area (Å²) in [5.74, 6) is 0. The van der Waals surface area contributed by atoms with E-state index >= 15 is 0 Å². The van der Waals surface area contributed by atoms with Crippen LogP contribution in [0.3, 0.4) is 0 Å². The van der Waals surface area contributed by atoms with Gasteiger partial charge in [0.05, 0.1) is 0 Å². The molecule has 0 aliphatic carbocycles. The fourth-order valence-electron chi connectivity index (χ4n) is 3.54. The van der Waals surface area contributed by atoms with Gasteiger partial charge in [-0.2, -0.15) is 0 Å². The van der Waals surface area contributed by atoms with Crippen molar-refractivity contribution >= 4 is 36.7 Å². The van der Waals surface area contributed by atoms with Gasteiger partial charge in [-0.15, -0.1) is 0 Å². The van der Waals surface area contributed by atoms with E-state index in [-0.39, 0.29) is 0 Å². The summed E-state index contributed by atoms with van der Waals surface area (Å²) < 4.78 is 0. The number of allylic oxidation sites excluding steroid dienone is 2. The average Bonchev–Trinajstić information content (AvgIpc) is 2.73. The van der Waals surface area contributed by atoms with Crippen LogP contribution in [0.2, 0.25) is 0 Å². The summed E-state index contributed by atoms with van der Waals surface area (Å²) in [6.45, 7) is 2.23. The van der Waals surface area contributed by atoms with Gasteiger partial charge >= 0.3 is 166 Å². The minimum atomic E-state index is -2.76. The van der Waals surface area contributed by atoms with Gasteiger partial charge in [0.1, 0.15) is 0 Å². The molecule has 0 unspecified atom stereocenters. The Kier molecular flexibility index (Phi) is 6.12. The summed E-state index contributed by atoms with van der Waals surface area (Å²) in [7, 11) is 0. The fourth-order valence-corrected chi connectivity index (χ4v) is 10.6. The third-order valence-corrected chi connectivity index (χ3v) is 14.5. The molecule has 0 radical (unpaired) electrons. The van der Waals surface area contributed by atoms with Gasteiger partial charge in [0.25, 0.3) is 0 Å². The second-order valence-corrected chi connectivity index (χ2v) is 15.6. The van der Waals surface area contributed by atoms with Crippen molar-refractivity contribution in [2.45, 2.75) is 19.8 Å². The number of rotatable bonds is 7. The predicted molar refractivity (Wildman–Crippen MR) is 123 cm³/mol. The van der Waals surface area contributed by atoms with Gasteiger partial charge in [0.2, 0.25) is 0 Å². The summed E-state index contributed by atoms with van der Waals surface area (Å²) in [5, 5.41) is 1.36. The van der Waals surface area contributed by atoms with E-state index in [2.05, 4.69) is 126 Å². The van der Waals surface area contributed by atoms with Crippen molar-refractivity contribution in [1.82, 2.24) is 0 Å². The van der Waals surface area contributed by atoms with Crippen molar-refractivity contribution in [3.8, 4) is 0 Å². The van der Waals surface area contributed by atoms with Crippen LogP contribution in [0.15, 0.2) is 103 Å². The number of hydrogen-bond acceptors (Lipinski definition) is 0. The molecule has 134 valence electrons. The summed E-state index contributed by atoms with van der Waals surface area (Å²) in [6, 6.07) is 32.9. The van der Waals surface area contributed by atoms with E-state index in [4.69, 9.17) is 0 Å². The van der Waals surface area contributed by atoms with Crippen molar-refractivity contribution in [2.75, 3.05) is 6.16 Å². The first-order chi connectivity index (χ1) is 12.7. The standard InChI is InChI=1S/C24H26BrP/c1-2-3-4-14-21-26(25,22-15-8-5-9-16-22,23-17-10-6-11-18-23)24-19-12-7-13-20-24/h4-20H,2-3,21H2,1H3/b14-4+. The van der Waals surface area contributed by atoms with Crippen molar-refractivity contribution in [3.05, 3.63) is 103 Å². The van der Waals surface area contributed by atoms with Gasteiger partial charge in [0, 0.05) is 0 Å². The van der Waals surface area contributed by atoms with Gasteiger partial charge in [-0.05, 0) is 0 Å². The van der Waals surface area contributed by atoms with Crippen LogP contribution in [-0.2, 0) is 0 Å². The second kappa shape index (κ2) is 8.33. The van der Waals surface area contributed by atoms with E-state index in [0.29, 0.717) is 0 Å². The van der Waals surface area contributed by atoms with Crippen LogP contribution in [0.5, 0.6) is 0 Å². The zero-order valence-electron chi connectivity index (χ0n) is 15.3. The number of unbranched alkanes of at least 4 members (excludes halogenated alkanes) is 1. The molecule has 2 heteroatoms. The van der Waals surface area contributed by atoms with Crippen molar-refractivity contribution < 1.29 is 0 Å².